The van der Waals surface area contributed by atoms with Gasteiger partial charge >= 0.3 is 5.69 Å². The average Bonchev–Trinajstić information content (AvgIpc) is 2.67. The lowest BCUT2D eigenvalue weighted by molar-refractivity contribution is -0.0704. The Morgan fingerprint density at radius 1 is 1.40 bits per heavy atom. The fourth-order valence-corrected chi connectivity index (χ4v) is 2.03. The molecule has 1 aromatic heterocycles. The third kappa shape index (κ3) is 2.52. The lowest BCUT2D eigenvalue weighted by Crippen LogP contribution is -2.39. The molecular weight excluding hydrogens is 268 g/mol. The van der Waals surface area contributed by atoms with Gasteiger partial charge in [0.2, 0.25) is 0 Å². The molecule has 2 unspecified atom stereocenters. The summed E-state index contributed by atoms with van der Waals surface area (Å²) in [5.74, 6) is 4.86. The molecule has 1 saturated heterocycles. The molecule has 20 heavy (non-hydrogen) atoms. The standard InChI is InChI=1S/C12H14N2O6/c1-2-3-6(15)10-8(17)9(18)11(20-10)14-5-4-7(16)13-12(14)19/h4-6,8-11,15,17-18H,1H3,(H,13,16,19)/t6?,8-,9-,10+,11?/m1/s1. The first-order valence-electron chi connectivity index (χ1n) is 5.89. The Labute approximate surface area is 113 Å². The van der Waals surface area contributed by atoms with E-state index in [1.807, 2.05) is 4.98 Å². The number of aliphatic hydroxyl groups excluding tert-OH is 3. The molecule has 0 saturated carbocycles. The summed E-state index contributed by atoms with van der Waals surface area (Å²) in [4.78, 5) is 24.6. The molecule has 0 radical (unpaired) electrons. The van der Waals surface area contributed by atoms with E-state index in [-0.39, 0.29) is 0 Å². The zero-order valence-corrected chi connectivity index (χ0v) is 10.6. The van der Waals surface area contributed by atoms with Crippen LogP contribution in [0.2, 0.25) is 0 Å². The van der Waals surface area contributed by atoms with Crippen LogP contribution in [0.3, 0.4) is 0 Å². The molecule has 1 fully saturated rings. The number of nitrogens with zero attached hydrogens (tertiary/aromatic N) is 1. The van der Waals surface area contributed by atoms with Crippen LogP contribution in [0.5, 0.6) is 0 Å². The maximum atomic E-state index is 11.6. The normalized spacial score (nSPS) is 30.6. The van der Waals surface area contributed by atoms with Gasteiger partial charge in [-0.25, -0.2) is 4.79 Å². The first-order chi connectivity index (χ1) is 9.45. The molecule has 0 bridgehead atoms. The van der Waals surface area contributed by atoms with E-state index in [1.54, 1.807) is 0 Å². The maximum Gasteiger partial charge on any atom is 0.330 e. The van der Waals surface area contributed by atoms with Crippen LogP contribution in [0.1, 0.15) is 13.2 Å². The second kappa shape index (κ2) is 5.60. The molecule has 1 aliphatic heterocycles. The van der Waals surface area contributed by atoms with Crippen molar-refractivity contribution in [1.29, 1.82) is 0 Å². The van der Waals surface area contributed by atoms with E-state index in [2.05, 4.69) is 11.8 Å². The van der Waals surface area contributed by atoms with E-state index in [4.69, 9.17) is 4.74 Å². The number of rotatable bonds is 2. The second-order valence-electron chi connectivity index (χ2n) is 4.33. The Hall–Kier alpha value is -1.92. The topological polar surface area (TPSA) is 125 Å². The van der Waals surface area contributed by atoms with Crippen LogP contribution in [0.15, 0.2) is 21.9 Å². The Bertz CT molecular complexity index is 654. The van der Waals surface area contributed by atoms with Crippen LogP contribution < -0.4 is 11.2 Å². The molecule has 8 heteroatoms. The quantitative estimate of drug-likeness (QED) is 0.446. The van der Waals surface area contributed by atoms with Gasteiger partial charge in [0.1, 0.15) is 24.4 Å². The number of aliphatic hydroxyl groups is 3. The number of hydrogen-bond donors (Lipinski definition) is 4. The number of aromatic nitrogens is 2. The van der Waals surface area contributed by atoms with Crippen molar-refractivity contribution in [1.82, 2.24) is 9.55 Å². The summed E-state index contributed by atoms with van der Waals surface area (Å²) >= 11 is 0. The smallest absolute Gasteiger partial charge is 0.330 e. The largest absolute Gasteiger partial charge is 0.387 e. The van der Waals surface area contributed by atoms with Gasteiger partial charge < -0.3 is 20.1 Å². The number of aromatic amines is 1. The summed E-state index contributed by atoms with van der Waals surface area (Å²) in [6.07, 6.45) is -5.36. The van der Waals surface area contributed by atoms with Crippen molar-refractivity contribution in [2.24, 2.45) is 0 Å². The molecule has 4 N–H and O–H groups in total. The van der Waals surface area contributed by atoms with Gasteiger partial charge in [0, 0.05) is 12.3 Å². The number of ether oxygens (including phenoxy) is 1. The van der Waals surface area contributed by atoms with Crippen LogP contribution in [0, 0.1) is 11.8 Å². The SMILES string of the molecule is CC#CC(O)[C@@H]1OC(n2ccc(=O)[nH]c2=O)[C@H](O)[C@H]1O. The molecule has 0 aliphatic carbocycles. The Balaban J connectivity index is 2.32. The zero-order valence-electron chi connectivity index (χ0n) is 10.6. The third-order valence-electron chi connectivity index (χ3n) is 3.00. The lowest BCUT2D eigenvalue weighted by Gasteiger charge is -2.17. The van der Waals surface area contributed by atoms with Crippen molar-refractivity contribution in [3.63, 3.8) is 0 Å². The van der Waals surface area contributed by atoms with Crippen LogP contribution in [-0.4, -0.2) is 49.3 Å². The van der Waals surface area contributed by atoms with Crippen LogP contribution >= 0.6 is 0 Å². The van der Waals surface area contributed by atoms with Gasteiger partial charge in [-0.15, -0.1) is 5.92 Å². The molecule has 108 valence electrons. The Morgan fingerprint density at radius 2 is 2.10 bits per heavy atom. The van der Waals surface area contributed by atoms with Gasteiger partial charge in [-0.3, -0.25) is 14.3 Å². The average molecular weight is 282 g/mol. The summed E-state index contributed by atoms with van der Waals surface area (Å²) in [6.45, 7) is 1.50. The summed E-state index contributed by atoms with van der Waals surface area (Å²) in [5.41, 5.74) is -1.38. The predicted molar refractivity (Wildman–Crippen MR) is 66.7 cm³/mol. The monoisotopic (exact) mass is 282 g/mol. The highest BCUT2D eigenvalue weighted by Crippen LogP contribution is 2.29. The van der Waals surface area contributed by atoms with Crippen molar-refractivity contribution in [2.75, 3.05) is 0 Å². The molecule has 0 spiro atoms. The van der Waals surface area contributed by atoms with Crippen molar-refractivity contribution < 1.29 is 20.1 Å². The van der Waals surface area contributed by atoms with Crippen molar-refractivity contribution in [2.45, 2.75) is 37.6 Å². The molecule has 2 rings (SSSR count). The van der Waals surface area contributed by atoms with E-state index in [0.717, 1.165) is 16.8 Å². The summed E-state index contributed by atoms with van der Waals surface area (Å²) in [6, 6.07) is 1.08. The molecule has 1 aromatic rings. The minimum atomic E-state index is -1.43. The predicted octanol–water partition coefficient (Wildman–Crippen LogP) is -2.46. The Morgan fingerprint density at radius 3 is 2.70 bits per heavy atom. The van der Waals surface area contributed by atoms with E-state index in [9.17, 15) is 24.9 Å². The van der Waals surface area contributed by atoms with Gasteiger partial charge in [0.05, 0.1) is 0 Å². The van der Waals surface area contributed by atoms with Gasteiger partial charge in [0.15, 0.2) is 6.23 Å². The summed E-state index contributed by atoms with van der Waals surface area (Å²) in [5, 5.41) is 29.4. The van der Waals surface area contributed by atoms with Crippen LogP contribution in [-0.2, 0) is 4.74 Å². The number of H-pyrrole nitrogens is 1. The molecule has 0 amide bonds. The van der Waals surface area contributed by atoms with Gasteiger partial charge in [-0.2, -0.15) is 0 Å². The Kier molecular flexibility index (Phi) is 4.06. The molecule has 5 atom stereocenters. The fourth-order valence-electron chi connectivity index (χ4n) is 2.03. The third-order valence-corrected chi connectivity index (χ3v) is 3.00. The van der Waals surface area contributed by atoms with E-state index < -0.39 is 41.9 Å². The van der Waals surface area contributed by atoms with Crippen LogP contribution in [0.25, 0.3) is 0 Å². The molecular formula is C12H14N2O6. The van der Waals surface area contributed by atoms with E-state index >= 15 is 0 Å². The second-order valence-corrected chi connectivity index (χ2v) is 4.33. The van der Waals surface area contributed by atoms with Gasteiger partial charge in [-0.1, -0.05) is 5.92 Å². The van der Waals surface area contributed by atoms with E-state index in [1.165, 1.54) is 6.92 Å². The summed E-state index contributed by atoms with van der Waals surface area (Å²) in [7, 11) is 0. The fraction of sp³-hybridized carbons (Fsp3) is 0.500. The first-order valence-corrected chi connectivity index (χ1v) is 5.89. The minimum Gasteiger partial charge on any atom is -0.387 e. The van der Waals surface area contributed by atoms with Gasteiger partial charge in [0.25, 0.3) is 5.56 Å². The van der Waals surface area contributed by atoms with Crippen LogP contribution in [0.4, 0.5) is 0 Å². The highest BCUT2D eigenvalue weighted by atomic mass is 16.6. The highest BCUT2D eigenvalue weighted by Gasteiger charge is 2.46. The number of hydrogen-bond acceptors (Lipinski definition) is 6. The molecule has 8 nitrogen and oxygen atoms in total. The van der Waals surface area contributed by atoms with Gasteiger partial charge in [-0.05, 0) is 6.92 Å². The first kappa shape index (κ1) is 14.5. The highest BCUT2D eigenvalue weighted by molar-refractivity contribution is 5.09. The summed E-state index contributed by atoms with van der Waals surface area (Å²) < 4.78 is 6.23. The molecule has 2 heterocycles. The lowest BCUT2D eigenvalue weighted by atomic mass is 10.1. The molecule has 0 aromatic carbocycles. The van der Waals surface area contributed by atoms with Crippen molar-refractivity contribution >= 4 is 0 Å². The van der Waals surface area contributed by atoms with E-state index in [0.29, 0.717) is 0 Å². The minimum absolute atomic E-state index is 0.590. The number of nitrogens with one attached hydrogen (secondary N) is 1. The van der Waals surface area contributed by atoms with Crippen molar-refractivity contribution in [3.05, 3.63) is 33.1 Å². The zero-order chi connectivity index (χ0) is 14.9. The maximum absolute atomic E-state index is 11.6. The van der Waals surface area contributed by atoms with Crippen molar-refractivity contribution in [3.8, 4) is 11.8 Å². The molecule has 1 aliphatic rings.